The van der Waals surface area contributed by atoms with Gasteiger partial charge in [0, 0.05) is 23.9 Å². The predicted octanol–water partition coefficient (Wildman–Crippen LogP) is 1.97. The zero-order chi connectivity index (χ0) is 15.3. The van der Waals surface area contributed by atoms with Crippen molar-refractivity contribution in [3.8, 4) is 0 Å². The van der Waals surface area contributed by atoms with Crippen LogP contribution in [0.1, 0.15) is 0 Å². The molecule has 0 fully saturated rings. The Morgan fingerprint density at radius 1 is 1.20 bits per heavy atom. The van der Waals surface area contributed by atoms with Crippen molar-refractivity contribution < 1.29 is 10.0 Å². The number of aromatic amines is 1. The van der Waals surface area contributed by atoms with Gasteiger partial charge in [0.25, 0.3) is 0 Å². The average Bonchev–Trinajstić information content (AvgIpc) is 2.38. The normalized spacial score (nSPS) is 9.70. The van der Waals surface area contributed by atoms with Crippen molar-refractivity contribution in [3.05, 3.63) is 54.0 Å². The minimum atomic E-state index is -1.55. The van der Waals surface area contributed by atoms with Crippen LogP contribution in [0.15, 0.2) is 38.5 Å². The summed E-state index contributed by atoms with van der Waals surface area (Å²) < 4.78 is 1.15. The first-order valence-corrected chi connectivity index (χ1v) is 7.36. The lowest BCUT2D eigenvalue weighted by molar-refractivity contribution is 0.425. The predicted molar refractivity (Wildman–Crippen MR) is 86.5 cm³/mol. The molecule has 20 heavy (non-hydrogen) atoms. The van der Waals surface area contributed by atoms with Crippen molar-refractivity contribution in [1.82, 2.24) is 9.97 Å². The number of pyridine rings is 2. The fourth-order valence-corrected chi connectivity index (χ4v) is 2.04. The van der Waals surface area contributed by atoms with Crippen molar-refractivity contribution in [2.45, 2.75) is 0 Å². The first-order valence-electron chi connectivity index (χ1n) is 5.02. The van der Waals surface area contributed by atoms with Gasteiger partial charge in [-0.15, -0.1) is 0 Å². The molecule has 106 valence electrons. The van der Waals surface area contributed by atoms with Gasteiger partial charge in [-0.2, -0.15) is 0 Å². The van der Waals surface area contributed by atoms with Gasteiger partial charge in [0.15, 0.2) is 0 Å². The lowest BCUT2D eigenvalue weighted by Gasteiger charge is -2.01. The molecule has 0 saturated heterocycles. The van der Waals surface area contributed by atoms with E-state index in [2.05, 4.69) is 41.8 Å². The zero-order valence-electron chi connectivity index (χ0n) is 9.65. The minimum Gasteiger partial charge on any atom is -0.423 e. The number of H-pyrrole nitrogens is 1. The van der Waals surface area contributed by atoms with Gasteiger partial charge in [0.2, 0.25) is 5.43 Å². The number of hydrogen-bond acceptors (Lipinski definition) is 4. The van der Waals surface area contributed by atoms with Gasteiger partial charge in [-0.05, 0) is 37.9 Å². The van der Waals surface area contributed by atoms with Gasteiger partial charge in [-0.3, -0.25) is 4.79 Å². The summed E-state index contributed by atoms with van der Waals surface area (Å²) in [7, 11) is -1.55. The van der Waals surface area contributed by atoms with Gasteiger partial charge in [0.05, 0.1) is 9.63 Å². The summed E-state index contributed by atoms with van der Waals surface area (Å²) in [6.07, 6.45) is 2.79. The third kappa shape index (κ3) is 5.55. The van der Waals surface area contributed by atoms with Crippen molar-refractivity contribution in [1.29, 1.82) is 0 Å². The molecule has 0 aromatic carbocycles. The molecule has 5 nitrogen and oxygen atoms in total. The number of aromatic nitrogens is 2. The molecule has 2 aromatic heterocycles. The molecule has 2 heterocycles. The molecule has 0 aliphatic rings. The highest BCUT2D eigenvalue weighted by atomic mass is 79.9. The Bertz CT molecular complexity index is 655. The molecule has 0 saturated carbocycles. The van der Waals surface area contributed by atoms with Crippen molar-refractivity contribution in [3.63, 3.8) is 0 Å². The van der Waals surface area contributed by atoms with E-state index in [1.807, 2.05) is 0 Å². The largest absolute Gasteiger partial charge is 0.490 e. The van der Waals surface area contributed by atoms with Gasteiger partial charge >= 0.3 is 7.12 Å². The first kappa shape index (κ1) is 17.7. The van der Waals surface area contributed by atoms with Crippen LogP contribution in [-0.4, -0.2) is 27.1 Å². The van der Waals surface area contributed by atoms with Gasteiger partial charge in [-0.1, -0.05) is 23.2 Å². The van der Waals surface area contributed by atoms with Crippen LogP contribution in [0.3, 0.4) is 0 Å². The van der Waals surface area contributed by atoms with Crippen LogP contribution in [0, 0.1) is 0 Å². The second kappa shape index (κ2) is 8.16. The van der Waals surface area contributed by atoms with Gasteiger partial charge < -0.3 is 15.0 Å². The highest BCUT2D eigenvalue weighted by Gasteiger charge is 2.15. The summed E-state index contributed by atoms with van der Waals surface area (Å²) >= 11 is 17.2. The van der Waals surface area contributed by atoms with Gasteiger partial charge in [-0.25, -0.2) is 4.98 Å². The Hall–Kier alpha value is -0.375. The lowest BCUT2D eigenvalue weighted by atomic mass is 9.81. The monoisotopic (exact) mass is 442 g/mol. The third-order valence-electron chi connectivity index (χ3n) is 1.96. The standard InChI is InChI=1S/C5H4BBrClNO2.C5H3BrClNO/c7-5-1-3(6(10)11)4(8)2-9-5;6-5-1-4(9)3(7)2-8-5/h1-2,10-11H;1-2H,(H,8,9). The minimum absolute atomic E-state index is 0.178. The molecule has 0 bridgehead atoms. The molecule has 0 atom stereocenters. The summed E-state index contributed by atoms with van der Waals surface area (Å²) in [5, 5.41) is 17.9. The SMILES string of the molecule is O=c1cc(Br)[nH]cc1Cl.OB(O)c1cc(Br)ncc1Cl. The summed E-state index contributed by atoms with van der Waals surface area (Å²) in [6.45, 7) is 0. The van der Waals surface area contributed by atoms with E-state index in [0.29, 0.717) is 9.21 Å². The molecule has 10 heteroatoms. The van der Waals surface area contributed by atoms with E-state index in [1.54, 1.807) is 0 Å². The van der Waals surface area contributed by atoms with E-state index in [9.17, 15) is 4.79 Å². The van der Waals surface area contributed by atoms with Crippen molar-refractivity contribution in [2.75, 3.05) is 0 Å². The van der Waals surface area contributed by atoms with Gasteiger partial charge in [0.1, 0.15) is 9.63 Å². The summed E-state index contributed by atoms with van der Waals surface area (Å²) in [6, 6.07) is 2.83. The fourth-order valence-electron chi connectivity index (χ4n) is 1.05. The average molecular weight is 445 g/mol. The van der Waals surface area contributed by atoms with Crippen LogP contribution >= 0.6 is 55.1 Å². The molecule has 2 aromatic rings. The molecule has 0 unspecified atom stereocenters. The van der Waals surface area contributed by atoms with E-state index >= 15 is 0 Å². The number of rotatable bonds is 1. The highest BCUT2D eigenvalue weighted by Crippen LogP contribution is 2.08. The summed E-state index contributed by atoms with van der Waals surface area (Å²) in [5.74, 6) is 0. The Balaban J connectivity index is 0.000000204. The van der Waals surface area contributed by atoms with Crippen LogP contribution in [0.5, 0.6) is 0 Å². The molecule has 0 aliphatic carbocycles. The van der Waals surface area contributed by atoms with Crippen LogP contribution < -0.4 is 10.9 Å². The highest BCUT2D eigenvalue weighted by molar-refractivity contribution is 9.10. The smallest absolute Gasteiger partial charge is 0.423 e. The first-order chi connectivity index (χ1) is 9.31. The Morgan fingerprint density at radius 2 is 1.85 bits per heavy atom. The van der Waals surface area contributed by atoms with Crippen LogP contribution in [-0.2, 0) is 0 Å². The Kier molecular flexibility index (Phi) is 7.21. The number of nitrogens with one attached hydrogen (secondary N) is 1. The zero-order valence-corrected chi connectivity index (χ0v) is 14.3. The van der Waals surface area contributed by atoms with E-state index in [-0.39, 0.29) is 20.9 Å². The molecule has 3 N–H and O–H groups in total. The lowest BCUT2D eigenvalue weighted by Crippen LogP contribution is -2.30. The molecule has 0 aliphatic heterocycles. The molecule has 2 rings (SSSR count). The van der Waals surface area contributed by atoms with E-state index in [1.165, 1.54) is 24.5 Å². The third-order valence-corrected chi connectivity index (χ3v) is 3.46. The van der Waals surface area contributed by atoms with E-state index in [4.69, 9.17) is 33.2 Å². The fraction of sp³-hybridized carbons (Fsp3) is 0. The van der Waals surface area contributed by atoms with Crippen LogP contribution in [0.25, 0.3) is 0 Å². The van der Waals surface area contributed by atoms with E-state index in [0.717, 1.165) is 0 Å². The topological polar surface area (TPSA) is 86.2 Å². The van der Waals surface area contributed by atoms with Crippen molar-refractivity contribution in [2.24, 2.45) is 0 Å². The number of halogens is 4. The molecule has 0 spiro atoms. The Labute approximate surface area is 141 Å². The summed E-state index contributed by atoms with van der Waals surface area (Å²) in [4.78, 5) is 17.2. The molecular weight excluding hydrogens is 438 g/mol. The molecule has 0 radical (unpaired) electrons. The quantitative estimate of drug-likeness (QED) is 0.464. The molecule has 0 amide bonds. The molecular formula is C10H7BBr2Cl2N2O3. The van der Waals surface area contributed by atoms with Crippen LogP contribution in [0.2, 0.25) is 10.0 Å². The number of hydrogen-bond donors (Lipinski definition) is 3. The maximum Gasteiger partial charge on any atom is 0.490 e. The summed E-state index contributed by atoms with van der Waals surface area (Å²) in [5.41, 5.74) is 0.0656. The van der Waals surface area contributed by atoms with E-state index < -0.39 is 7.12 Å². The Morgan fingerprint density at radius 3 is 2.30 bits per heavy atom. The van der Waals surface area contributed by atoms with Crippen molar-refractivity contribution >= 4 is 67.6 Å². The number of nitrogens with zero attached hydrogens (tertiary/aromatic N) is 1. The maximum absolute atomic E-state index is 10.7. The second-order valence-electron chi connectivity index (χ2n) is 3.40. The second-order valence-corrected chi connectivity index (χ2v) is 5.88. The van der Waals surface area contributed by atoms with Crippen LogP contribution in [0.4, 0.5) is 0 Å². The maximum atomic E-state index is 10.7.